The molecule has 7 fully saturated rings. The van der Waals surface area contributed by atoms with Crippen molar-refractivity contribution in [2.45, 2.75) is 175 Å². The molecule has 11 aliphatic heterocycles. The lowest BCUT2D eigenvalue weighted by atomic mass is 9.90. The molecule has 11 heterocycles. The van der Waals surface area contributed by atoms with Crippen LogP contribution in [0.3, 0.4) is 0 Å². The van der Waals surface area contributed by atoms with Gasteiger partial charge in [0.05, 0.1) is 71.4 Å². The molecular formula is C101H100F3N11O26. The number of rotatable bonds is 16. The number of fused-ring (bicyclic) bond motifs is 4. The van der Waals surface area contributed by atoms with Gasteiger partial charge in [0.25, 0.3) is 47.3 Å². The summed E-state index contributed by atoms with van der Waals surface area (Å²) in [6.07, 6.45) is 3.73. The number of piperidine rings is 7. The van der Waals surface area contributed by atoms with Crippen molar-refractivity contribution >= 4 is 135 Å². The van der Waals surface area contributed by atoms with Crippen LogP contribution in [0.1, 0.15) is 248 Å². The second-order valence-electron chi connectivity index (χ2n) is 34.5. The van der Waals surface area contributed by atoms with E-state index in [4.69, 9.17) is 14.2 Å². The van der Waals surface area contributed by atoms with Crippen LogP contribution in [0.25, 0.3) is 0 Å². The highest BCUT2D eigenvalue weighted by Gasteiger charge is 2.50. The predicted octanol–water partition coefficient (Wildman–Crippen LogP) is 8.29. The molecule has 11 aliphatic rings. The van der Waals surface area contributed by atoms with E-state index < -0.39 is 142 Å². The average molecular weight is 1940 g/mol. The van der Waals surface area contributed by atoms with Gasteiger partial charge in [-0.3, -0.25) is 156 Å². The standard InChI is InChI=1S/C15H16FNO3.C15H14N2O5.2C14H14FNO3.C14H12N2O5.C14H12N2O4.C14H14N2O3.CH4/c1-9-3-4-10(15(19)17-9)7-14(18)12-6-5-11(20-2)8-13(12)16;1-16-12(18)6-5-11(15(16)21)17-13(19)9-4-3-8(22-2)7-10(9)14(17)20;2*1-8-2-4-10(11(15)6-8)12(17)7-9-3-5-13(18)16-14(9)19;1-21-7-2-3-8-9(6-7)14(20)16(13(8)19)10-4-5-11(17)15-12(10)18;1-7-2-3-8-9(6-7)14(20)16(13(8)19)10-4-5-11(17)15-12(10)18;1-8-2-3-10-9(6-8)7-16(14(10)19)11-4-5-12(17)15-13(11)18;/h5-6,8,10H,1,3-4,7H2,2H3,(H,17,19);3-4,7,11H,5-6H2,1-2H3;2*2,4,6,9H,3,5,7H2,1H3,(H,16,18,19);2-3,6,10H,4-5H2,1H3,(H,15,17,18);2-3,6,10H,4-5H2,1H3,(H,15,17,18);2-3,6,11H,4-5,7H2,1H3,(H,15,17,18);1H4/t10-;;2*9-;;;;/m1.11..../s1. The van der Waals surface area contributed by atoms with Gasteiger partial charge in [-0.1, -0.05) is 55.5 Å². The fourth-order valence-electron chi connectivity index (χ4n) is 17.1. The predicted molar refractivity (Wildman–Crippen MR) is 490 cm³/mol. The van der Waals surface area contributed by atoms with Crippen molar-refractivity contribution in [3.8, 4) is 17.2 Å². The Labute approximate surface area is 804 Å². The summed E-state index contributed by atoms with van der Waals surface area (Å²) in [5.41, 5.74) is 7.24. The number of hydrogen-bond donors (Lipinski definition) is 6. The maximum Gasteiger partial charge on any atom is 0.262 e. The molecule has 0 radical (unpaired) electrons. The topological polar surface area (TPSA) is 509 Å². The average Bonchev–Trinajstić information content (AvgIpc) is 1.61. The molecule has 7 aromatic rings. The summed E-state index contributed by atoms with van der Waals surface area (Å²) in [6, 6.07) is 29.3. The van der Waals surface area contributed by atoms with Gasteiger partial charge in [-0.05, 0) is 187 Å². The van der Waals surface area contributed by atoms with E-state index in [0.717, 1.165) is 53.5 Å². The number of hydrogen-bond acceptors (Lipinski definition) is 26. The number of likely N-dealkylation sites (N-methyl/N-ethyl adjacent to an activating group) is 1. The molecule has 0 spiro atoms. The quantitative estimate of drug-likeness (QED) is 0.0391. The first kappa shape index (κ1) is 105. The van der Waals surface area contributed by atoms with E-state index in [1.54, 1.807) is 67.3 Å². The summed E-state index contributed by atoms with van der Waals surface area (Å²) in [5, 5.41) is 13.6. The van der Waals surface area contributed by atoms with Crippen LogP contribution in [-0.2, 0) is 68.9 Å². The van der Waals surface area contributed by atoms with Crippen LogP contribution in [0, 0.1) is 62.9 Å². The lowest BCUT2D eigenvalue weighted by Crippen LogP contribution is -2.54. The minimum atomic E-state index is -0.943. The van der Waals surface area contributed by atoms with Crippen molar-refractivity contribution in [3.63, 3.8) is 0 Å². The van der Waals surface area contributed by atoms with E-state index in [2.05, 4.69) is 38.5 Å². The minimum absolute atomic E-state index is 0. The third kappa shape index (κ3) is 24.1. The Morgan fingerprint density at radius 1 is 0.333 bits per heavy atom. The molecule has 6 N–H and O–H groups in total. The van der Waals surface area contributed by atoms with Crippen LogP contribution < -0.4 is 46.1 Å². The largest absolute Gasteiger partial charge is 0.497 e. The fourth-order valence-corrected chi connectivity index (χ4v) is 17.1. The lowest BCUT2D eigenvalue weighted by molar-refractivity contribution is -0.150. The van der Waals surface area contributed by atoms with Crippen molar-refractivity contribution in [3.05, 3.63) is 241 Å². The number of carbonyl (C=O) groups excluding carboxylic acids is 23. The summed E-state index contributed by atoms with van der Waals surface area (Å²) >= 11 is 0. The van der Waals surface area contributed by atoms with E-state index in [1.165, 1.54) is 89.0 Å². The number of likely N-dealkylation sites (tertiary alicyclic amines) is 1. The van der Waals surface area contributed by atoms with Gasteiger partial charge >= 0.3 is 0 Å². The van der Waals surface area contributed by atoms with E-state index in [-0.39, 0.29) is 176 Å². The smallest absolute Gasteiger partial charge is 0.262 e. The molecule has 0 aromatic heterocycles. The van der Waals surface area contributed by atoms with Gasteiger partial charge in [-0.2, -0.15) is 0 Å². The molecule has 7 saturated heterocycles. The van der Waals surface area contributed by atoms with Crippen LogP contribution in [0.2, 0.25) is 0 Å². The lowest BCUT2D eigenvalue weighted by Gasteiger charge is -2.32. The normalized spacial score (nSPS) is 20.5. The molecular weight excluding hydrogens is 1840 g/mol. The van der Waals surface area contributed by atoms with Crippen LogP contribution in [0.5, 0.6) is 17.2 Å². The number of amides is 20. The molecule has 736 valence electrons. The molecule has 20 amide bonds. The Kier molecular flexibility index (Phi) is 33.8. The van der Waals surface area contributed by atoms with E-state index >= 15 is 0 Å². The Balaban J connectivity index is 0.000000157. The third-order valence-electron chi connectivity index (χ3n) is 24.8. The number of carbonyl (C=O) groups is 23. The first-order chi connectivity index (χ1) is 66.5. The van der Waals surface area contributed by atoms with Gasteiger partial charge < -0.3 is 24.4 Å². The van der Waals surface area contributed by atoms with E-state index in [9.17, 15) is 123 Å². The van der Waals surface area contributed by atoms with Gasteiger partial charge in [0.1, 0.15) is 58.9 Å². The second-order valence-corrected chi connectivity index (χ2v) is 34.5. The van der Waals surface area contributed by atoms with Gasteiger partial charge in [-0.15, -0.1) is 0 Å². The number of benzene rings is 7. The zero-order valence-corrected chi connectivity index (χ0v) is 77.1. The highest BCUT2D eigenvalue weighted by atomic mass is 19.1. The van der Waals surface area contributed by atoms with E-state index in [0.29, 0.717) is 78.3 Å². The van der Waals surface area contributed by atoms with Crippen LogP contribution in [0.15, 0.2) is 140 Å². The van der Waals surface area contributed by atoms with Gasteiger partial charge in [0.2, 0.25) is 70.9 Å². The second kappa shape index (κ2) is 45.3. The maximum atomic E-state index is 13.8. The van der Waals surface area contributed by atoms with Crippen LogP contribution in [0.4, 0.5) is 13.2 Å². The van der Waals surface area contributed by atoms with Gasteiger partial charge in [-0.25, -0.2) is 13.2 Å². The minimum Gasteiger partial charge on any atom is -0.497 e. The van der Waals surface area contributed by atoms with Crippen molar-refractivity contribution < 1.29 is 138 Å². The number of aryl methyl sites for hydroxylation is 4. The highest BCUT2D eigenvalue weighted by molar-refractivity contribution is 6.26. The molecule has 0 saturated carbocycles. The Bertz CT molecular complexity index is 6360. The number of halogens is 3. The van der Waals surface area contributed by atoms with Crippen molar-refractivity contribution in [1.29, 1.82) is 0 Å². The number of allylic oxidation sites excluding steroid dienone is 1. The zero-order valence-electron chi connectivity index (χ0n) is 77.1. The number of methoxy groups -OCH3 is 3. The monoisotopic (exact) mass is 1940 g/mol. The first-order valence-electron chi connectivity index (χ1n) is 44.4. The first-order valence-corrected chi connectivity index (χ1v) is 44.4. The van der Waals surface area contributed by atoms with Crippen molar-refractivity contribution in [2.24, 2.45) is 17.8 Å². The van der Waals surface area contributed by atoms with Crippen LogP contribution in [-0.4, -0.2) is 213 Å². The number of nitrogens with zero attached hydrogens (tertiary/aromatic N) is 5. The van der Waals surface area contributed by atoms with Crippen molar-refractivity contribution in [1.82, 2.24) is 56.4 Å². The third-order valence-corrected chi connectivity index (χ3v) is 24.8. The summed E-state index contributed by atoms with van der Waals surface area (Å²) in [6.45, 7) is 11.4. The molecule has 37 nitrogen and oxygen atoms in total. The fraction of sp³-hybridized carbons (Fsp3) is 0.337. The van der Waals surface area contributed by atoms with Crippen LogP contribution >= 0.6 is 0 Å². The number of ketones is 3. The maximum absolute atomic E-state index is 13.8. The van der Waals surface area contributed by atoms with Gasteiger partial charge in [0, 0.05) is 106 Å². The summed E-state index contributed by atoms with van der Waals surface area (Å²) in [5.74, 6) is -11.6. The van der Waals surface area contributed by atoms with Gasteiger partial charge in [0.15, 0.2) is 17.3 Å². The number of Topliss-reactive ketones (excluding diaryl/α,β-unsaturated/α-hetero) is 3. The molecule has 0 aliphatic carbocycles. The molecule has 7 aromatic carbocycles. The molecule has 141 heavy (non-hydrogen) atoms. The Morgan fingerprint density at radius 3 is 1.03 bits per heavy atom. The summed E-state index contributed by atoms with van der Waals surface area (Å²) in [4.78, 5) is 277. The van der Waals surface area contributed by atoms with Crippen molar-refractivity contribution in [2.75, 3.05) is 28.4 Å². The number of nitrogens with one attached hydrogen (secondary N) is 6. The zero-order chi connectivity index (χ0) is 102. The van der Waals surface area contributed by atoms with E-state index in [1.807, 2.05) is 26.0 Å². The Hall–Kier alpha value is -16.3. The summed E-state index contributed by atoms with van der Waals surface area (Å²) in [7, 11) is 5.71. The molecule has 7 atom stereocenters. The molecule has 4 unspecified atom stereocenters. The number of ether oxygens (including phenoxy) is 3. The molecule has 0 bridgehead atoms. The SMILES string of the molecule is C.C=C1CC[C@H](CC(=O)c2ccc(OC)cc2F)C(=O)N1.COc1ccc2c(c1)C(=O)N(C1CCC(=O)N(C)C1=O)C2=O.COc1ccc2c(c1)C(=O)N(C1CCC(=O)NC1=O)C2=O.Cc1ccc(C(=O)C[C@H]2CCC(=O)NC2=O)c(F)c1.Cc1ccc(C(=O)C[C@H]2CCC(=O)NC2=O)c(F)c1.Cc1ccc2c(c1)C(=O)N(C1CCC(=O)NC1=O)C2=O.Cc1ccc2c(c1)CN(C1CCC(=O)NC1=O)C2=O. The molecule has 40 heteroatoms. The highest BCUT2D eigenvalue weighted by Crippen LogP contribution is 2.36. The number of imide groups is 9. The Morgan fingerprint density at radius 2 is 0.638 bits per heavy atom. The molecule has 18 rings (SSSR count). The summed E-state index contributed by atoms with van der Waals surface area (Å²) < 4.78 is 56.0.